The molecule has 3 saturated carbocycles. The van der Waals surface area contributed by atoms with Gasteiger partial charge in [0.1, 0.15) is 5.60 Å². The fourth-order valence-corrected chi connectivity index (χ4v) is 6.09. The third-order valence-electron chi connectivity index (χ3n) is 7.89. The van der Waals surface area contributed by atoms with Crippen molar-refractivity contribution in [2.45, 2.75) is 104 Å². The van der Waals surface area contributed by atoms with Gasteiger partial charge in [-0.05, 0) is 75.5 Å². The van der Waals surface area contributed by atoms with Gasteiger partial charge in [0.25, 0.3) is 0 Å². The topological polar surface area (TPSA) is 26.3 Å². The summed E-state index contributed by atoms with van der Waals surface area (Å²) in [6, 6.07) is 0. The van der Waals surface area contributed by atoms with Gasteiger partial charge in [0, 0.05) is 0 Å². The summed E-state index contributed by atoms with van der Waals surface area (Å²) in [6.45, 7) is 9.05. The summed E-state index contributed by atoms with van der Waals surface area (Å²) in [5.41, 5.74) is -0.398. The molecule has 24 heavy (non-hydrogen) atoms. The highest BCUT2D eigenvalue weighted by molar-refractivity contribution is 5.77. The van der Waals surface area contributed by atoms with Crippen LogP contribution in [0.4, 0.5) is 0 Å². The molecule has 0 radical (unpaired) electrons. The number of esters is 1. The molecule has 2 nitrogen and oxygen atoms in total. The minimum absolute atomic E-state index is 0.150. The average molecular weight is 335 g/mol. The van der Waals surface area contributed by atoms with E-state index >= 15 is 0 Å². The second kappa shape index (κ2) is 7.00. The summed E-state index contributed by atoms with van der Waals surface area (Å²) in [5, 5.41) is 0. The van der Waals surface area contributed by atoms with Gasteiger partial charge in [0.2, 0.25) is 0 Å². The second-order valence-corrected chi connectivity index (χ2v) is 9.63. The van der Waals surface area contributed by atoms with E-state index < -0.39 is 0 Å². The van der Waals surface area contributed by atoms with Crippen LogP contribution in [0.2, 0.25) is 0 Å². The molecule has 0 aromatic heterocycles. The van der Waals surface area contributed by atoms with E-state index in [1.165, 1.54) is 44.9 Å². The Bertz CT molecular complexity index is 459. The molecule has 3 fully saturated rings. The summed E-state index contributed by atoms with van der Waals surface area (Å²) in [4.78, 5) is 13.4. The van der Waals surface area contributed by atoms with Gasteiger partial charge >= 0.3 is 5.97 Å². The molecule has 3 aliphatic rings. The highest BCUT2D eigenvalue weighted by Crippen LogP contribution is 2.53. The molecule has 6 atom stereocenters. The van der Waals surface area contributed by atoms with Crippen molar-refractivity contribution < 1.29 is 9.53 Å². The molecule has 3 unspecified atom stereocenters. The summed E-state index contributed by atoms with van der Waals surface area (Å²) in [5.74, 6) is 3.01. The molecule has 0 spiro atoms. The number of carbonyl (C=O) groups excluding carboxylic acids is 1. The monoisotopic (exact) mass is 334 g/mol. The maximum Gasteiger partial charge on any atom is 0.312 e. The lowest BCUT2D eigenvalue weighted by Gasteiger charge is -2.48. The number of fused-ring (bicyclic) bond motifs is 2. The Kier molecular flexibility index (Phi) is 5.33. The minimum Gasteiger partial charge on any atom is -0.459 e. The molecule has 0 N–H and O–H groups in total. The van der Waals surface area contributed by atoms with Crippen molar-refractivity contribution in [2.24, 2.45) is 29.1 Å². The van der Waals surface area contributed by atoms with Crippen LogP contribution < -0.4 is 0 Å². The normalized spacial score (nSPS) is 41.7. The van der Waals surface area contributed by atoms with E-state index in [4.69, 9.17) is 4.74 Å². The zero-order valence-corrected chi connectivity index (χ0v) is 16.4. The predicted octanol–water partition coefficient (Wildman–Crippen LogP) is 6.13. The third kappa shape index (κ3) is 3.40. The van der Waals surface area contributed by atoms with Crippen molar-refractivity contribution in [1.82, 2.24) is 0 Å². The van der Waals surface area contributed by atoms with Crippen molar-refractivity contribution in [2.75, 3.05) is 0 Å². The molecule has 2 heteroatoms. The van der Waals surface area contributed by atoms with E-state index in [2.05, 4.69) is 27.7 Å². The Hall–Kier alpha value is -0.530. The van der Waals surface area contributed by atoms with Gasteiger partial charge in [-0.2, -0.15) is 0 Å². The minimum atomic E-state index is -0.247. The van der Waals surface area contributed by atoms with Gasteiger partial charge in [0.05, 0.1) is 5.41 Å². The molecule has 3 aliphatic carbocycles. The fourth-order valence-electron chi connectivity index (χ4n) is 6.09. The first-order chi connectivity index (χ1) is 11.4. The third-order valence-corrected chi connectivity index (χ3v) is 7.89. The molecule has 0 aliphatic heterocycles. The standard InChI is InChI=1S/C22H38O2/c1-5-17-13-18-8-7-11-22(14-17,15-18)20(23)24-21(4,6-2)19-10-9-16(3)12-19/h16-19H,5-15H2,1-4H3/t16-,17?,18?,19+,21-,22?/m0/s1. The van der Waals surface area contributed by atoms with Crippen LogP contribution >= 0.6 is 0 Å². The van der Waals surface area contributed by atoms with E-state index in [1.54, 1.807) is 0 Å². The summed E-state index contributed by atoms with van der Waals surface area (Å²) >= 11 is 0. The van der Waals surface area contributed by atoms with Crippen LogP contribution in [0.15, 0.2) is 0 Å². The molecule has 0 heterocycles. The van der Waals surface area contributed by atoms with E-state index in [0.29, 0.717) is 5.92 Å². The average Bonchev–Trinajstić information content (AvgIpc) is 3.01. The quantitative estimate of drug-likeness (QED) is 0.565. The molecule has 0 saturated heterocycles. The van der Waals surface area contributed by atoms with Crippen LogP contribution in [0.1, 0.15) is 98.3 Å². The Balaban J connectivity index is 1.74. The Morgan fingerprint density at radius 3 is 2.58 bits per heavy atom. The van der Waals surface area contributed by atoms with Gasteiger partial charge in [-0.1, -0.05) is 46.5 Å². The van der Waals surface area contributed by atoms with Crippen molar-refractivity contribution >= 4 is 5.97 Å². The summed E-state index contributed by atoms with van der Waals surface area (Å²) in [7, 11) is 0. The zero-order chi connectivity index (χ0) is 17.4. The zero-order valence-electron chi connectivity index (χ0n) is 16.4. The first-order valence-electron chi connectivity index (χ1n) is 10.6. The number of hydrogen-bond acceptors (Lipinski definition) is 2. The molecule has 0 aromatic rings. The smallest absolute Gasteiger partial charge is 0.312 e. The first kappa shape index (κ1) is 18.3. The van der Waals surface area contributed by atoms with Crippen molar-refractivity contribution in [3.8, 4) is 0 Å². The van der Waals surface area contributed by atoms with Crippen LogP contribution in [0, 0.1) is 29.1 Å². The molecule has 3 rings (SSSR count). The lowest BCUT2D eigenvalue weighted by molar-refractivity contribution is -0.184. The highest BCUT2D eigenvalue weighted by atomic mass is 16.6. The number of hydrogen-bond donors (Lipinski definition) is 0. The van der Waals surface area contributed by atoms with Gasteiger partial charge in [-0.25, -0.2) is 0 Å². The van der Waals surface area contributed by atoms with Crippen LogP contribution in [-0.2, 0) is 9.53 Å². The fraction of sp³-hybridized carbons (Fsp3) is 0.955. The molecule has 2 bridgehead atoms. The molecule has 0 amide bonds. The van der Waals surface area contributed by atoms with Crippen LogP contribution in [0.3, 0.4) is 0 Å². The maximum atomic E-state index is 13.4. The van der Waals surface area contributed by atoms with E-state index in [0.717, 1.165) is 43.4 Å². The number of carbonyl (C=O) groups is 1. The van der Waals surface area contributed by atoms with Crippen LogP contribution in [0.5, 0.6) is 0 Å². The second-order valence-electron chi connectivity index (χ2n) is 9.63. The first-order valence-corrected chi connectivity index (χ1v) is 10.6. The lowest BCUT2D eigenvalue weighted by Crippen LogP contribution is -2.48. The van der Waals surface area contributed by atoms with E-state index in [1.807, 2.05) is 0 Å². The summed E-state index contributed by atoms with van der Waals surface area (Å²) in [6.07, 6.45) is 13.1. The molecule has 0 aromatic carbocycles. The highest BCUT2D eigenvalue weighted by Gasteiger charge is 2.51. The van der Waals surface area contributed by atoms with E-state index in [9.17, 15) is 4.79 Å². The molecular weight excluding hydrogens is 296 g/mol. The Morgan fingerprint density at radius 1 is 1.17 bits per heavy atom. The number of rotatable bonds is 5. The largest absolute Gasteiger partial charge is 0.459 e. The lowest BCUT2D eigenvalue weighted by atomic mass is 9.58. The Labute approximate surface area is 149 Å². The van der Waals surface area contributed by atoms with Crippen molar-refractivity contribution in [3.63, 3.8) is 0 Å². The van der Waals surface area contributed by atoms with Crippen LogP contribution in [-0.4, -0.2) is 11.6 Å². The van der Waals surface area contributed by atoms with Gasteiger partial charge < -0.3 is 4.74 Å². The van der Waals surface area contributed by atoms with Crippen LogP contribution in [0.25, 0.3) is 0 Å². The number of ether oxygens (including phenoxy) is 1. The van der Waals surface area contributed by atoms with Gasteiger partial charge in [-0.3, -0.25) is 4.79 Å². The van der Waals surface area contributed by atoms with Crippen molar-refractivity contribution in [1.29, 1.82) is 0 Å². The van der Waals surface area contributed by atoms with Gasteiger partial charge in [0.15, 0.2) is 0 Å². The Morgan fingerprint density at radius 2 is 1.96 bits per heavy atom. The molecule has 138 valence electrons. The SMILES string of the molecule is CCC1CC2CCCC(C(=O)O[C@@](C)(CC)[C@@H]3CC[C@H](C)C3)(C1)C2. The summed E-state index contributed by atoms with van der Waals surface area (Å²) < 4.78 is 6.39. The van der Waals surface area contributed by atoms with Crippen molar-refractivity contribution in [3.05, 3.63) is 0 Å². The maximum absolute atomic E-state index is 13.4. The predicted molar refractivity (Wildman–Crippen MR) is 98.7 cm³/mol. The van der Waals surface area contributed by atoms with Gasteiger partial charge in [-0.15, -0.1) is 0 Å². The molecular formula is C22H38O2. The van der Waals surface area contributed by atoms with E-state index in [-0.39, 0.29) is 17.0 Å².